The van der Waals surface area contributed by atoms with E-state index in [2.05, 4.69) is 25.1 Å². The molecule has 3 aromatic heterocycles. The highest BCUT2D eigenvalue weighted by atomic mass is 16.2. The summed E-state index contributed by atoms with van der Waals surface area (Å²) in [5.74, 6) is -0.0849. The fourth-order valence-electron chi connectivity index (χ4n) is 3.46. The first-order chi connectivity index (χ1) is 12.2. The first kappa shape index (κ1) is 15.3. The normalized spacial score (nSPS) is 17.1. The molecule has 25 heavy (non-hydrogen) atoms. The SMILES string of the molecule is CN(CC#N)C(=O)C1CCN(c2cn[nH]c3cnc4nccc4c23)C1. The van der Waals surface area contributed by atoms with Crippen molar-refractivity contribution >= 4 is 33.5 Å². The van der Waals surface area contributed by atoms with Crippen LogP contribution in [-0.4, -0.2) is 57.7 Å². The van der Waals surface area contributed by atoms with Gasteiger partial charge in [0, 0.05) is 37.1 Å². The molecule has 4 rings (SSSR count). The van der Waals surface area contributed by atoms with Gasteiger partial charge < -0.3 is 9.80 Å². The lowest BCUT2D eigenvalue weighted by atomic mass is 10.1. The van der Waals surface area contributed by atoms with E-state index in [0.717, 1.165) is 34.9 Å². The first-order valence-corrected chi connectivity index (χ1v) is 8.12. The number of nitriles is 1. The number of nitrogens with one attached hydrogen (secondary N) is 1. The van der Waals surface area contributed by atoms with E-state index in [-0.39, 0.29) is 18.4 Å². The summed E-state index contributed by atoms with van der Waals surface area (Å²) < 4.78 is 0. The zero-order valence-corrected chi connectivity index (χ0v) is 13.8. The number of anilines is 1. The van der Waals surface area contributed by atoms with Gasteiger partial charge in [0.15, 0.2) is 5.65 Å². The van der Waals surface area contributed by atoms with Crippen molar-refractivity contribution in [1.82, 2.24) is 25.1 Å². The molecule has 1 unspecified atom stereocenters. The number of carbonyl (C=O) groups is 1. The first-order valence-electron chi connectivity index (χ1n) is 8.12. The average molecular weight is 335 g/mol. The maximum Gasteiger partial charge on any atom is 0.228 e. The summed E-state index contributed by atoms with van der Waals surface area (Å²) in [6, 6.07) is 3.97. The number of pyridine rings is 1. The summed E-state index contributed by atoms with van der Waals surface area (Å²) in [4.78, 5) is 24.7. The van der Waals surface area contributed by atoms with Gasteiger partial charge in [-0.3, -0.25) is 9.89 Å². The minimum atomic E-state index is -0.104. The summed E-state index contributed by atoms with van der Waals surface area (Å²) in [6.45, 7) is 1.51. The van der Waals surface area contributed by atoms with Crippen LogP contribution in [0, 0.1) is 17.2 Å². The van der Waals surface area contributed by atoms with Crippen molar-refractivity contribution in [2.45, 2.75) is 6.42 Å². The molecule has 1 amide bonds. The molecular weight excluding hydrogens is 318 g/mol. The summed E-state index contributed by atoms with van der Waals surface area (Å²) in [5, 5.41) is 18.0. The minimum absolute atomic E-state index is 0.0191. The molecule has 1 saturated heterocycles. The Morgan fingerprint density at radius 3 is 3.20 bits per heavy atom. The number of nitrogens with zero attached hydrogens (tertiary/aromatic N) is 6. The van der Waals surface area contributed by atoms with Crippen LogP contribution < -0.4 is 4.90 Å². The predicted molar refractivity (Wildman–Crippen MR) is 92.8 cm³/mol. The molecule has 4 heterocycles. The van der Waals surface area contributed by atoms with Crippen molar-refractivity contribution in [2.24, 2.45) is 5.92 Å². The van der Waals surface area contributed by atoms with Crippen LogP contribution in [-0.2, 0) is 4.79 Å². The van der Waals surface area contributed by atoms with Gasteiger partial charge in [0.1, 0.15) is 6.54 Å². The third kappa shape index (κ3) is 2.54. The van der Waals surface area contributed by atoms with E-state index in [9.17, 15) is 4.79 Å². The molecule has 0 aliphatic carbocycles. The number of aromatic nitrogens is 4. The number of hydrogen-bond donors (Lipinski definition) is 1. The molecule has 0 radical (unpaired) electrons. The largest absolute Gasteiger partial charge is 0.369 e. The Morgan fingerprint density at radius 1 is 1.48 bits per heavy atom. The van der Waals surface area contributed by atoms with E-state index in [0.29, 0.717) is 12.2 Å². The molecule has 1 fully saturated rings. The third-order valence-corrected chi connectivity index (χ3v) is 4.72. The summed E-state index contributed by atoms with van der Waals surface area (Å²) >= 11 is 0. The summed E-state index contributed by atoms with van der Waals surface area (Å²) in [7, 11) is 1.67. The molecule has 1 N–H and O–H groups in total. The molecule has 0 saturated carbocycles. The molecule has 1 atom stereocenters. The highest BCUT2D eigenvalue weighted by Crippen LogP contribution is 2.33. The second-order valence-corrected chi connectivity index (χ2v) is 6.27. The van der Waals surface area contributed by atoms with Gasteiger partial charge in [0.05, 0.1) is 35.6 Å². The van der Waals surface area contributed by atoms with Gasteiger partial charge in [-0.1, -0.05) is 0 Å². The second kappa shape index (κ2) is 6.02. The van der Waals surface area contributed by atoms with E-state index in [1.54, 1.807) is 25.6 Å². The van der Waals surface area contributed by atoms with Crippen molar-refractivity contribution in [1.29, 1.82) is 5.26 Å². The Bertz CT molecular complexity index is 989. The molecule has 0 spiro atoms. The van der Waals surface area contributed by atoms with E-state index in [1.165, 1.54) is 4.90 Å². The molecule has 1 aliphatic rings. The van der Waals surface area contributed by atoms with Crippen molar-refractivity contribution in [2.75, 3.05) is 31.6 Å². The van der Waals surface area contributed by atoms with E-state index in [4.69, 9.17) is 5.26 Å². The Balaban J connectivity index is 1.68. The van der Waals surface area contributed by atoms with Gasteiger partial charge in [-0.15, -0.1) is 0 Å². The van der Waals surface area contributed by atoms with Crippen LogP contribution >= 0.6 is 0 Å². The van der Waals surface area contributed by atoms with Gasteiger partial charge >= 0.3 is 0 Å². The maximum absolute atomic E-state index is 12.5. The number of hydrogen-bond acceptors (Lipinski definition) is 6. The monoisotopic (exact) mass is 335 g/mol. The number of amides is 1. The van der Waals surface area contributed by atoms with Gasteiger partial charge in [-0.2, -0.15) is 10.4 Å². The van der Waals surface area contributed by atoms with Gasteiger partial charge in [-0.05, 0) is 12.5 Å². The van der Waals surface area contributed by atoms with Crippen molar-refractivity contribution < 1.29 is 4.79 Å². The van der Waals surface area contributed by atoms with Gasteiger partial charge in [0.25, 0.3) is 0 Å². The molecular formula is C17H17N7O. The van der Waals surface area contributed by atoms with E-state index < -0.39 is 0 Å². The van der Waals surface area contributed by atoms with Gasteiger partial charge in [-0.25, -0.2) is 9.97 Å². The third-order valence-electron chi connectivity index (χ3n) is 4.72. The lowest BCUT2D eigenvalue weighted by Gasteiger charge is -2.21. The number of rotatable bonds is 3. The van der Waals surface area contributed by atoms with Gasteiger partial charge in [0.2, 0.25) is 5.91 Å². The second-order valence-electron chi connectivity index (χ2n) is 6.27. The zero-order valence-electron chi connectivity index (χ0n) is 13.8. The van der Waals surface area contributed by atoms with Crippen LogP contribution in [0.1, 0.15) is 6.42 Å². The average Bonchev–Trinajstić information content (AvgIpc) is 3.30. The minimum Gasteiger partial charge on any atom is -0.369 e. The van der Waals surface area contributed by atoms with E-state index in [1.807, 2.05) is 12.1 Å². The lowest BCUT2D eigenvalue weighted by Crippen LogP contribution is -2.34. The summed E-state index contributed by atoms with van der Waals surface area (Å²) in [6.07, 6.45) is 6.04. The topological polar surface area (TPSA) is 102 Å². The van der Waals surface area contributed by atoms with Crippen molar-refractivity contribution in [3.8, 4) is 6.07 Å². The van der Waals surface area contributed by atoms with Crippen molar-refractivity contribution in [3.05, 3.63) is 24.7 Å². The smallest absolute Gasteiger partial charge is 0.228 e. The van der Waals surface area contributed by atoms with Crippen LogP contribution in [0.25, 0.3) is 21.9 Å². The van der Waals surface area contributed by atoms with E-state index >= 15 is 0 Å². The summed E-state index contributed by atoms with van der Waals surface area (Å²) in [5.41, 5.74) is 2.52. The molecule has 8 heteroatoms. The standard InChI is InChI=1S/C17H17N7O/c1-23(7-4-18)17(25)11-3-6-24(10-11)14-9-21-22-13-8-20-16-12(15(13)14)2-5-19-16/h2,5,8-9,11,22H,3,6-7,10H2,1H3. The highest BCUT2D eigenvalue weighted by molar-refractivity contribution is 6.09. The molecule has 3 aromatic rings. The predicted octanol–water partition coefficient (Wildman–Crippen LogP) is 1.31. The Labute approximate surface area is 144 Å². The molecule has 0 bridgehead atoms. The molecule has 1 aliphatic heterocycles. The molecule has 8 nitrogen and oxygen atoms in total. The maximum atomic E-state index is 12.5. The van der Waals surface area contributed by atoms with Crippen LogP contribution in [0.15, 0.2) is 24.7 Å². The molecule has 126 valence electrons. The van der Waals surface area contributed by atoms with Crippen LogP contribution in [0.2, 0.25) is 0 Å². The quantitative estimate of drug-likeness (QED) is 0.724. The highest BCUT2D eigenvalue weighted by Gasteiger charge is 2.31. The number of H-pyrrole nitrogens is 1. The fraction of sp³-hybridized carbons (Fsp3) is 0.353. The fourth-order valence-corrected chi connectivity index (χ4v) is 3.46. The Morgan fingerprint density at radius 2 is 2.36 bits per heavy atom. The lowest BCUT2D eigenvalue weighted by molar-refractivity contribution is -0.132. The number of carbonyl (C=O) groups excluding carboxylic acids is 1. The number of fused-ring (bicyclic) bond motifs is 3. The Hall–Kier alpha value is -3.21. The zero-order chi connectivity index (χ0) is 17.4. The Kier molecular flexibility index (Phi) is 3.69. The van der Waals surface area contributed by atoms with Crippen molar-refractivity contribution in [3.63, 3.8) is 0 Å². The van der Waals surface area contributed by atoms with Crippen LogP contribution in [0.5, 0.6) is 0 Å². The van der Waals surface area contributed by atoms with Crippen LogP contribution in [0.4, 0.5) is 5.69 Å². The number of aromatic amines is 1. The van der Waals surface area contributed by atoms with Crippen LogP contribution in [0.3, 0.4) is 0 Å². The molecule has 0 aromatic carbocycles.